The van der Waals surface area contributed by atoms with E-state index in [4.69, 9.17) is 16.3 Å². The van der Waals surface area contributed by atoms with Gasteiger partial charge in [-0.3, -0.25) is 14.6 Å². The number of nitrogens with one attached hydrogen (secondary N) is 1. The van der Waals surface area contributed by atoms with Crippen molar-refractivity contribution in [3.8, 4) is 0 Å². The molecule has 1 atom stereocenters. The van der Waals surface area contributed by atoms with Gasteiger partial charge >= 0.3 is 0 Å². The van der Waals surface area contributed by atoms with E-state index in [-0.39, 0.29) is 16.8 Å². The first-order valence-corrected chi connectivity index (χ1v) is 6.60. The lowest BCUT2D eigenvalue weighted by Crippen LogP contribution is -2.50. The van der Waals surface area contributed by atoms with Gasteiger partial charge < -0.3 is 15.0 Å². The summed E-state index contributed by atoms with van der Waals surface area (Å²) in [5.74, 6) is -0.620. The third kappa shape index (κ3) is 3.64. The number of ether oxygens (including phenoxy) is 1. The van der Waals surface area contributed by atoms with Gasteiger partial charge in [0.25, 0.3) is 5.91 Å². The monoisotopic (exact) mass is 298 g/mol. The first-order chi connectivity index (χ1) is 9.58. The molecule has 108 valence electrons. The van der Waals surface area contributed by atoms with Crippen LogP contribution in [0.15, 0.2) is 12.4 Å². The van der Waals surface area contributed by atoms with Gasteiger partial charge in [-0.25, -0.2) is 4.98 Å². The average molecular weight is 299 g/mol. The van der Waals surface area contributed by atoms with Gasteiger partial charge in [-0.2, -0.15) is 0 Å². The van der Waals surface area contributed by atoms with E-state index in [0.29, 0.717) is 26.3 Å². The van der Waals surface area contributed by atoms with Crippen molar-refractivity contribution in [3.63, 3.8) is 0 Å². The summed E-state index contributed by atoms with van der Waals surface area (Å²) in [6.45, 7) is 3.75. The second-order valence-corrected chi connectivity index (χ2v) is 4.75. The van der Waals surface area contributed by atoms with Crippen molar-refractivity contribution in [2.24, 2.45) is 0 Å². The molecule has 0 spiro atoms. The first-order valence-electron chi connectivity index (χ1n) is 6.23. The average Bonchev–Trinajstić information content (AvgIpc) is 2.47. The Morgan fingerprint density at radius 1 is 1.40 bits per heavy atom. The van der Waals surface area contributed by atoms with Crippen LogP contribution in [0, 0.1) is 0 Å². The fraction of sp³-hybridized carbons (Fsp3) is 0.500. The molecule has 1 aromatic rings. The molecule has 1 unspecified atom stereocenters. The Morgan fingerprint density at radius 2 is 2.10 bits per heavy atom. The number of nitrogens with zero attached hydrogens (tertiary/aromatic N) is 3. The Balaban J connectivity index is 1.94. The molecule has 1 N–H and O–H groups in total. The van der Waals surface area contributed by atoms with Gasteiger partial charge in [-0.1, -0.05) is 11.6 Å². The van der Waals surface area contributed by atoms with Crippen molar-refractivity contribution in [1.29, 1.82) is 0 Å². The fourth-order valence-electron chi connectivity index (χ4n) is 1.84. The van der Waals surface area contributed by atoms with Crippen LogP contribution < -0.4 is 5.32 Å². The number of carbonyl (C=O) groups is 2. The smallest absolute Gasteiger partial charge is 0.272 e. The summed E-state index contributed by atoms with van der Waals surface area (Å²) in [4.78, 5) is 33.3. The molecule has 2 amide bonds. The zero-order valence-corrected chi connectivity index (χ0v) is 11.8. The van der Waals surface area contributed by atoms with Gasteiger partial charge in [0.1, 0.15) is 16.9 Å². The lowest BCUT2D eigenvalue weighted by molar-refractivity contribution is -0.136. The summed E-state index contributed by atoms with van der Waals surface area (Å²) >= 11 is 5.67. The Bertz CT molecular complexity index is 505. The molecule has 2 rings (SSSR count). The van der Waals surface area contributed by atoms with Crippen LogP contribution in [-0.4, -0.2) is 59.0 Å². The number of halogens is 1. The summed E-state index contributed by atoms with van der Waals surface area (Å²) < 4.78 is 5.18. The molecule has 7 nitrogen and oxygen atoms in total. The lowest BCUT2D eigenvalue weighted by Gasteiger charge is -2.29. The van der Waals surface area contributed by atoms with Crippen molar-refractivity contribution in [2.45, 2.75) is 13.0 Å². The van der Waals surface area contributed by atoms with Crippen LogP contribution in [0.25, 0.3) is 0 Å². The van der Waals surface area contributed by atoms with Crippen molar-refractivity contribution in [3.05, 3.63) is 23.2 Å². The summed E-state index contributed by atoms with van der Waals surface area (Å²) in [6, 6.07) is -0.638. The molecule has 0 radical (unpaired) electrons. The van der Waals surface area contributed by atoms with Gasteiger partial charge in [-0.15, -0.1) is 0 Å². The SMILES string of the molecule is CC(NC(=O)c1cncc(Cl)n1)C(=O)N1CCOCC1. The van der Waals surface area contributed by atoms with Gasteiger partial charge in [-0.05, 0) is 6.92 Å². The number of rotatable bonds is 3. The van der Waals surface area contributed by atoms with E-state index in [1.165, 1.54) is 12.4 Å². The number of amides is 2. The summed E-state index contributed by atoms with van der Waals surface area (Å²) in [6.07, 6.45) is 2.63. The van der Waals surface area contributed by atoms with Gasteiger partial charge in [0.05, 0.1) is 25.6 Å². The molecule has 0 bridgehead atoms. The van der Waals surface area contributed by atoms with Crippen molar-refractivity contribution >= 4 is 23.4 Å². The molecule has 1 saturated heterocycles. The molecule has 8 heteroatoms. The van der Waals surface area contributed by atoms with Crippen LogP contribution in [0.2, 0.25) is 5.15 Å². The minimum absolute atomic E-state index is 0.0825. The van der Waals surface area contributed by atoms with E-state index in [9.17, 15) is 9.59 Å². The third-order valence-electron chi connectivity index (χ3n) is 2.88. The second kappa shape index (κ2) is 6.62. The van der Waals surface area contributed by atoms with E-state index in [1.54, 1.807) is 11.8 Å². The van der Waals surface area contributed by atoms with E-state index in [1.807, 2.05) is 0 Å². The number of morpholine rings is 1. The van der Waals surface area contributed by atoms with Gasteiger partial charge in [0.15, 0.2) is 0 Å². The molecule has 1 aliphatic heterocycles. The summed E-state index contributed by atoms with van der Waals surface area (Å²) in [5, 5.41) is 2.72. The molecule has 2 heterocycles. The summed E-state index contributed by atoms with van der Waals surface area (Å²) in [5.41, 5.74) is 0.0825. The molecule has 0 saturated carbocycles. The summed E-state index contributed by atoms with van der Waals surface area (Å²) in [7, 11) is 0. The highest BCUT2D eigenvalue weighted by Gasteiger charge is 2.24. The van der Waals surface area contributed by atoms with Crippen molar-refractivity contribution in [2.75, 3.05) is 26.3 Å². The highest BCUT2D eigenvalue weighted by Crippen LogP contribution is 2.04. The van der Waals surface area contributed by atoms with Crippen LogP contribution in [-0.2, 0) is 9.53 Å². The molecular weight excluding hydrogens is 284 g/mol. The van der Waals surface area contributed by atoms with Crippen LogP contribution >= 0.6 is 11.6 Å². The molecule has 1 aliphatic rings. The zero-order chi connectivity index (χ0) is 14.5. The maximum absolute atomic E-state index is 12.1. The largest absolute Gasteiger partial charge is 0.378 e. The maximum Gasteiger partial charge on any atom is 0.272 e. The third-order valence-corrected chi connectivity index (χ3v) is 3.06. The van der Waals surface area contributed by atoms with Crippen molar-refractivity contribution < 1.29 is 14.3 Å². The van der Waals surface area contributed by atoms with E-state index >= 15 is 0 Å². The topological polar surface area (TPSA) is 84.4 Å². The molecule has 1 fully saturated rings. The van der Waals surface area contributed by atoms with Crippen molar-refractivity contribution in [1.82, 2.24) is 20.2 Å². The van der Waals surface area contributed by atoms with E-state index in [2.05, 4.69) is 15.3 Å². The number of hydrogen-bond acceptors (Lipinski definition) is 5. The fourth-order valence-corrected chi connectivity index (χ4v) is 1.99. The van der Waals surface area contributed by atoms with E-state index < -0.39 is 11.9 Å². The normalized spacial score (nSPS) is 16.6. The molecule has 0 aromatic carbocycles. The van der Waals surface area contributed by atoms with Crippen LogP contribution in [0.3, 0.4) is 0 Å². The standard InChI is InChI=1S/C12H15ClN4O3/c1-8(12(19)17-2-4-20-5-3-17)15-11(18)9-6-14-7-10(13)16-9/h6-8H,2-5H2,1H3,(H,15,18). The van der Waals surface area contributed by atoms with Crippen LogP contribution in [0.1, 0.15) is 17.4 Å². The number of carbonyl (C=O) groups excluding carboxylic acids is 2. The predicted octanol–water partition coefficient (Wildman–Crippen LogP) is 0.107. The number of aromatic nitrogens is 2. The minimum Gasteiger partial charge on any atom is -0.378 e. The first kappa shape index (κ1) is 14.7. The zero-order valence-electron chi connectivity index (χ0n) is 11.0. The second-order valence-electron chi connectivity index (χ2n) is 4.36. The minimum atomic E-state index is -0.638. The van der Waals surface area contributed by atoms with Crippen LogP contribution in [0.5, 0.6) is 0 Å². The Morgan fingerprint density at radius 3 is 2.75 bits per heavy atom. The highest BCUT2D eigenvalue weighted by molar-refractivity contribution is 6.29. The molecular formula is C12H15ClN4O3. The molecule has 1 aromatic heterocycles. The Hall–Kier alpha value is -1.73. The predicted molar refractivity (Wildman–Crippen MR) is 71.4 cm³/mol. The highest BCUT2D eigenvalue weighted by atomic mass is 35.5. The lowest BCUT2D eigenvalue weighted by atomic mass is 10.2. The Labute approximate surface area is 121 Å². The number of hydrogen-bond donors (Lipinski definition) is 1. The van der Waals surface area contributed by atoms with Gasteiger partial charge in [0.2, 0.25) is 5.91 Å². The van der Waals surface area contributed by atoms with Crippen LogP contribution in [0.4, 0.5) is 0 Å². The maximum atomic E-state index is 12.1. The van der Waals surface area contributed by atoms with Gasteiger partial charge in [0, 0.05) is 13.1 Å². The van der Waals surface area contributed by atoms with E-state index in [0.717, 1.165) is 0 Å². The molecule has 0 aliphatic carbocycles. The Kier molecular flexibility index (Phi) is 4.86. The quantitative estimate of drug-likeness (QED) is 0.856. The molecule has 20 heavy (non-hydrogen) atoms.